The van der Waals surface area contributed by atoms with Gasteiger partial charge in [-0.3, -0.25) is 0 Å². The molecule has 19 heavy (non-hydrogen) atoms. The van der Waals surface area contributed by atoms with Crippen LogP contribution in [0.5, 0.6) is 5.75 Å². The summed E-state index contributed by atoms with van der Waals surface area (Å²) in [5.74, 6) is 3.40. The lowest BCUT2D eigenvalue weighted by Crippen LogP contribution is -2.26. The minimum absolute atomic E-state index is 0.414. The quantitative estimate of drug-likeness (QED) is 0.907. The summed E-state index contributed by atoms with van der Waals surface area (Å²) in [4.78, 5) is 10.6. The second-order valence-corrected chi connectivity index (χ2v) is 5.54. The molecule has 1 atom stereocenters. The van der Waals surface area contributed by atoms with Gasteiger partial charge in [-0.25, -0.2) is 9.97 Å². The van der Waals surface area contributed by atoms with Crippen LogP contribution in [0.25, 0.3) is 0 Å². The van der Waals surface area contributed by atoms with E-state index in [4.69, 9.17) is 10.5 Å². The van der Waals surface area contributed by atoms with Gasteiger partial charge in [0.1, 0.15) is 6.33 Å². The largest absolute Gasteiger partial charge is 0.490 e. The van der Waals surface area contributed by atoms with Crippen LogP contribution in [-0.4, -0.2) is 30.2 Å². The van der Waals surface area contributed by atoms with E-state index in [0.29, 0.717) is 11.6 Å². The van der Waals surface area contributed by atoms with Gasteiger partial charge in [-0.1, -0.05) is 13.8 Å². The summed E-state index contributed by atoms with van der Waals surface area (Å²) >= 11 is 0. The molecule has 0 saturated carbocycles. The first-order valence-electron chi connectivity index (χ1n) is 7.03. The molecule has 2 rings (SSSR count). The Kier molecular flexibility index (Phi) is 4.45. The molecule has 1 fully saturated rings. The molecule has 1 aliphatic heterocycles. The highest BCUT2D eigenvalue weighted by Gasteiger charge is 2.23. The fraction of sp³-hybridized carbons (Fsp3) is 0.714. The van der Waals surface area contributed by atoms with E-state index in [1.165, 1.54) is 25.6 Å². The number of hydrogen-bond donors (Lipinski definition) is 1. The maximum atomic E-state index is 5.85. The van der Waals surface area contributed by atoms with E-state index in [2.05, 4.69) is 28.7 Å². The van der Waals surface area contributed by atoms with E-state index in [1.54, 1.807) is 7.11 Å². The standard InChI is InChI=1S/C14H24N4O/c1-10(2)11-5-4-7-18(8-6-11)14-12(19-3)13(15)16-9-17-14/h9-11H,4-8H2,1-3H3,(H2,15,16,17). The Bertz CT molecular complexity index is 422. The number of anilines is 2. The zero-order valence-corrected chi connectivity index (χ0v) is 12.1. The molecule has 1 unspecified atom stereocenters. The summed E-state index contributed by atoms with van der Waals surface area (Å²) in [7, 11) is 1.62. The van der Waals surface area contributed by atoms with Gasteiger partial charge in [0.05, 0.1) is 7.11 Å². The van der Waals surface area contributed by atoms with Gasteiger partial charge in [0.25, 0.3) is 0 Å². The molecule has 1 aromatic rings. The fourth-order valence-corrected chi connectivity index (χ4v) is 2.80. The Hall–Kier alpha value is -1.52. The van der Waals surface area contributed by atoms with Gasteiger partial charge in [-0.15, -0.1) is 0 Å². The lowest BCUT2D eigenvalue weighted by molar-refractivity contribution is 0.351. The lowest BCUT2D eigenvalue weighted by atomic mass is 9.89. The van der Waals surface area contributed by atoms with E-state index in [-0.39, 0.29) is 0 Å². The van der Waals surface area contributed by atoms with E-state index in [1.807, 2.05) is 0 Å². The minimum atomic E-state index is 0.414. The topological polar surface area (TPSA) is 64.3 Å². The minimum Gasteiger partial charge on any atom is -0.490 e. The van der Waals surface area contributed by atoms with Crippen molar-refractivity contribution in [2.75, 3.05) is 30.8 Å². The van der Waals surface area contributed by atoms with Gasteiger partial charge >= 0.3 is 0 Å². The van der Waals surface area contributed by atoms with Crippen molar-refractivity contribution in [1.29, 1.82) is 0 Å². The van der Waals surface area contributed by atoms with Crippen molar-refractivity contribution in [3.8, 4) is 5.75 Å². The first-order chi connectivity index (χ1) is 9.13. The van der Waals surface area contributed by atoms with Crippen molar-refractivity contribution in [2.45, 2.75) is 33.1 Å². The van der Waals surface area contributed by atoms with Crippen LogP contribution < -0.4 is 15.4 Å². The monoisotopic (exact) mass is 264 g/mol. The van der Waals surface area contributed by atoms with Crippen molar-refractivity contribution in [3.63, 3.8) is 0 Å². The molecule has 0 bridgehead atoms. The number of nitrogens with two attached hydrogens (primary N) is 1. The van der Waals surface area contributed by atoms with E-state index in [9.17, 15) is 0 Å². The smallest absolute Gasteiger partial charge is 0.204 e. The lowest BCUT2D eigenvalue weighted by Gasteiger charge is -2.24. The molecule has 1 saturated heterocycles. The highest BCUT2D eigenvalue weighted by molar-refractivity contribution is 5.62. The van der Waals surface area contributed by atoms with Crippen LogP contribution in [0.1, 0.15) is 33.1 Å². The Morgan fingerprint density at radius 2 is 2.11 bits per heavy atom. The van der Waals surface area contributed by atoms with Crippen molar-refractivity contribution in [1.82, 2.24) is 9.97 Å². The van der Waals surface area contributed by atoms with E-state index in [0.717, 1.165) is 30.7 Å². The number of hydrogen-bond acceptors (Lipinski definition) is 5. The zero-order chi connectivity index (χ0) is 13.8. The van der Waals surface area contributed by atoms with Crippen LogP contribution >= 0.6 is 0 Å². The van der Waals surface area contributed by atoms with Crippen LogP contribution in [0.15, 0.2) is 6.33 Å². The second-order valence-electron chi connectivity index (χ2n) is 5.54. The third-order valence-electron chi connectivity index (χ3n) is 4.03. The number of ether oxygens (including phenoxy) is 1. The summed E-state index contributed by atoms with van der Waals surface area (Å²) in [6.45, 7) is 6.64. The summed E-state index contributed by atoms with van der Waals surface area (Å²) < 4.78 is 5.35. The van der Waals surface area contributed by atoms with Gasteiger partial charge in [0.15, 0.2) is 11.6 Å². The molecule has 0 spiro atoms. The van der Waals surface area contributed by atoms with E-state index < -0.39 is 0 Å². The number of rotatable bonds is 3. The molecule has 1 aliphatic rings. The van der Waals surface area contributed by atoms with Gasteiger partial charge in [0.2, 0.25) is 5.75 Å². The van der Waals surface area contributed by atoms with Crippen LogP contribution in [0.4, 0.5) is 11.6 Å². The number of nitrogen functional groups attached to an aromatic ring is 1. The summed E-state index contributed by atoms with van der Waals surface area (Å²) in [5, 5.41) is 0. The average molecular weight is 264 g/mol. The van der Waals surface area contributed by atoms with Crippen molar-refractivity contribution >= 4 is 11.6 Å². The molecular weight excluding hydrogens is 240 g/mol. The Morgan fingerprint density at radius 1 is 1.32 bits per heavy atom. The maximum Gasteiger partial charge on any atom is 0.204 e. The number of aromatic nitrogens is 2. The molecule has 5 heteroatoms. The normalized spacial score (nSPS) is 20.4. The third-order valence-corrected chi connectivity index (χ3v) is 4.03. The molecule has 2 N–H and O–H groups in total. The number of nitrogens with zero attached hydrogens (tertiary/aromatic N) is 3. The highest BCUT2D eigenvalue weighted by atomic mass is 16.5. The summed E-state index contributed by atoms with van der Waals surface area (Å²) in [6.07, 6.45) is 5.19. The van der Waals surface area contributed by atoms with E-state index >= 15 is 0 Å². The Labute approximate surface area is 115 Å². The van der Waals surface area contributed by atoms with Crippen molar-refractivity contribution < 1.29 is 4.74 Å². The van der Waals surface area contributed by atoms with Crippen molar-refractivity contribution in [3.05, 3.63) is 6.33 Å². The Balaban J connectivity index is 2.16. The zero-order valence-electron chi connectivity index (χ0n) is 12.1. The maximum absolute atomic E-state index is 5.85. The van der Waals surface area contributed by atoms with Crippen LogP contribution in [0, 0.1) is 11.8 Å². The molecule has 0 radical (unpaired) electrons. The third kappa shape index (κ3) is 3.08. The van der Waals surface area contributed by atoms with Gasteiger partial charge in [-0.05, 0) is 31.1 Å². The van der Waals surface area contributed by atoms with Crippen molar-refractivity contribution in [2.24, 2.45) is 11.8 Å². The van der Waals surface area contributed by atoms with Gasteiger partial charge in [-0.2, -0.15) is 0 Å². The molecule has 106 valence electrons. The Morgan fingerprint density at radius 3 is 2.79 bits per heavy atom. The summed E-state index contributed by atoms with van der Waals surface area (Å²) in [5.41, 5.74) is 5.85. The summed E-state index contributed by atoms with van der Waals surface area (Å²) in [6, 6.07) is 0. The van der Waals surface area contributed by atoms with Gasteiger partial charge in [0, 0.05) is 13.1 Å². The molecule has 5 nitrogen and oxygen atoms in total. The average Bonchev–Trinajstić information content (AvgIpc) is 2.64. The predicted molar refractivity (Wildman–Crippen MR) is 77.4 cm³/mol. The highest BCUT2D eigenvalue weighted by Crippen LogP contribution is 2.33. The molecule has 0 amide bonds. The first kappa shape index (κ1) is 13.9. The number of methoxy groups -OCH3 is 1. The van der Waals surface area contributed by atoms with Crippen LogP contribution in [-0.2, 0) is 0 Å². The SMILES string of the molecule is COc1c(N)ncnc1N1CCCC(C(C)C)CC1. The second kappa shape index (κ2) is 6.08. The van der Waals surface area contributed by atoms with Gasteiger partial charge < -0.3 is 15.4 Å². The van der Waals surface area contributed by atoms with Crippen LogP contribution in [0.2, 0.25) is 0 Å². The molecule has 0 aliphatic carbocycles. The molecule has 1 aromatic heterocycles. The fourth-order valence-electron chi connectivity index (χ4n) is 2.80. The first-order valence-corrected chi connectivity index (χ1v) is 7.03. The predicted octanol–water partition coefficient (Wildman–Crippen LogP) is 2.33. The molecule has 2 heterocycles. The molecular formula is C14H24N4O. The van der Waals surface area contributed by atoms with Crippen LogP contribution in [0.3, 0.4) is 0 Å². The molecule has 0 aromatic carbocycles.